The predicted molar refractivity (Wildman–Crippen MR) is 448 cm³/mol. The summed E-state index contributed by atoms with van der Waals surface area (Å²) in [6, 6.07) is 55.8. The number of nitrogens with zero attached hydrogens (tertiary/aromatic N) is 11. The van der Waals surface area contributed by atoms with E-state index in [2.05, 4.69) is 61.7 Å². The maximum atomic E-state index is 14.5. The highest BCUT2D eigenvalue weighted by molar-refractivity contribution is 5.66. The van der Waals surface area contributed by atoms with E-state index >= 15 is 0 Å². The number of aryl methyl sites for hydroxylation is 22. The highest BCUT2D eigenvalue weighted by atomic mass is 19.2. The van der Waals surface area contributed by atoms with Crippen LogP contribution in [0.2, 0.25) is 0 Å². The first-order valence-electron chi connectivity index (χ1n) is 39.1. The number of hydrogen-bond donors (Lipinski definition) is 0. The zero-order valence-corrected chi connectivity index (χ0v) is 68.9. The van der Waals surface area contributed by atoms with Gasteiger partial charge in [0.15, 0.2) is 0 Å². The van der Waals surface area contributed by atoms with Gasteiger partial charge < -0.3 is 0 Å². The molecule has 0 aliphatic rings. The molecule has 0 saturated heterocycles. The third-order valence-electron chi connectivity index (χ3n) is 20.5. The van der Waals surface area contributed by atoms with Crippen LogP contribution >= 0.6 is 0 Å². The monoisotopic (exact) mass is 1620 g/mol. The van der Waals surface area contributed by atoms with E-state index in [-0.39, 0.29) is 58.6 Å². The van der Waals surface area contributed by atoms with Crippen LogP contribution in [0.15, 0.2) is 213 Å². The van der Waals surface area contributed by atoms with Crippen molar-refractivity contribution in [3.63, 3.8) is 0 Å². The fraction of sp³-hybridized carbons (Fsp3) is 0.237. The van der Waals surface area contributed by atoms with Gasteiger partial charge in [-0.2, -0.15) is 25.5 Å². The van der Waals surface area contributed by atoms with Gasteiger partial charge in [-0.15, -0.1) is 0 Å². The minimum atomic E-state index is -0.730. The summed E-state index contributed by atoms with van der Waals surface area (Å²) in [5.41, 5.74) is 19.2. The van der Waals surface area contributed by atoms with Gasteiger partial charge in [0, 0.05) is 69.9 Å². The van der Waals surface area contributed by atoms with Crippen molar-refractivity contribution in [2.45, 2.75) is 120 Å². The van der Waals surface area contributed by atoms with Gasteiger partial charge in [-0.05, 0) is 302 Å². The molecule has 0 amide bonds. The fourth-order valence-corrected chi connectivity index (χ4v) is 14.4. The quantitative estimate of drug-likeness (QED) is 0.0705. The molecule has 15 rings (SSSR count). The Balaban J connectivity index is 0.000000146. The molecular formula is C97H94F11N11. The smallest absolute Gasteiger partial charge is 0.135 e. The number of rotatable bonds is 20. The van der Waals surface area contributed by atoms with Gasteiger partial charge in [-0.1, -0.05) is 84.9 Å². The van der Waals surface area contributed by atoms with Gasteiger partial charge in [-0.3, -0.25) is 28.4 Å². The van der Waals surface area contributed by atoms with E-state index in [9.17, 15) is 48.3 Å². The molecule has 6 aromatic heterocycles. The molecule has 0 bridgehead atoms. The molecule has 22 heteroatoms. The Kier molecular flexibility index (Phi) is 29.0. The Morgan fingerprint density at radius 1 is 0.235 bits per heavy atom. The van der Waals surface area contributed by atoms with Crippen LogP contribution in [0.4, 0.5) is 48.3 Å². The maximum absolute atomic E-state index is 14.5. The molecule has 11 nitrogen and oxygen atoms in total. The zero-order chi connectivity index (χ0) is 85.5. The first-order valence-corrected chi connectivity index (χ1v) is 39.1. The van der Waals surface area contributed by atoms with Crippen LogP contribution in [0.25, 0.3) is 56.3 Å². The van der Waals surface area contributed by atoms with E-state index in [1.807, 2.05) is 122 Å². The van der Waals surface area contributed by atoms with Crippen molar-refractivity contribution >= 4 is 0 Å². The molecule has 6 heterocycles. The van der Waals surface area contributed by atoms with Crippen molar-refractivity contribution in [2.24, 2.45) is 35.2 Å². The van der Waals surface area contributed by atoms with Crippen molar-refractivity contribution in [2.75, 3.05) is 0 Å². The number of halogens is 11. The van der Waals surface area contributed by atoms with Crippen LogP contribution in [-0.2, 0) is 99.4 Å². The van der Waals surface area contributed by atoms with Gasteiger partial charge in [0.05, 0.1) is 68.1 Å². The van der Waals surface area contributed by atoms with Gasteiger partial charge in [-0.25, -0.2) is 48.3 Å². The Morgan fingerprint density at radius 2 is 0.571 bits per heavy atom. The van der Waals surface area contributed by atoms with Crippen LogP contribution in [0.1, 0.15) is 101 Å². The normalized spacial score (nSPS) is 11.0. The standard InChI is InChI=1S/C20H20F2N2.C20H21FN2.C19H16F4N2.C19H17F3N2.C19H20FN3/c1-13-4-7-16(18(21)10-13)8-5-15-6-9-17(19(22)12-15)20-11-14(2)23-24(20)3;1-14-6-4-5-7-17(14)10-8-16-9-11-18(19(21)13-16)20-12-15(2)22-23(20)3;1-11-8-18(25(2)24-11)19-16(22)9-12(10-17(19)23)6-7-13-14(20)4-3-5-15(13)21;1-12-9-18(24(2)23-12)19-16(21)10-13(11-17(19)22)7-8-14-5-3-4-6-15(14)20;1-13-8-16(12-21-11-13)5-4-15-6-7-17(18(20)10-15)19-9-14(2)22-23(19)3/h4,6-7,9-12H,5,8H2,1-3H3;4-7,9,11-13H,8,10H2,1-3H3;3-5,8-10H,6-7H2,1-2H3;3-6,9-11H,7-8H2,1-2H3;6-12H,4-5H2,1-3H3. The number of aromatic nitrogens is 11. The van der Waals surface area contributed by atoms with Crippen molar-refractivity contribution in [1.29, 1.82) is 0 Å². The van der Waals surface area contributed by atoms with Crippen LogP contribution in [0.3, 0.4) is 0 Å². The molecule has 0 unspecified atom stereocenters. The SMILES string of the molecule is Cc1cc(-c2c(F)cc(CCc3c(F)cccc3F)cc2F)n(C)n1.Cc1cc(-c2c(F)cc(CCc3ccccc3F)cc2F)n(C)n1.Cc1cc(-c2ccc(CCc3ccccc3C)cc2F)n(C)n1.Cc1ccc(CCc2ccc(-c3cc(C)nn3C)c(F)c2)c(F)c1.Cc1cncc(CCc2ccc(-c3cc(C)nn3C)c(F)c2)c1. The minimum Gasteiger partial charge on any atom is -0.268 e. The van der Waals surface area contributed by atoms with E-state index in [1.165, 1.54) is 74.6 Å². The number of hydrogen-bond acceptors (Lipinski definition) is 6. The van der Waals surface area contributed by atoms with Crippen molar-refractivity contribution in [1.82, 2.24) is 53.9 Å². The summed E-state index contributed by atoms with van der Waals surface area (Å²) >= 11 is 0. The molecule has 0 aliphatic carbocycles. The fourth-order valence-electron chi connectivity index (χ4n) is 14.4. The summed E-state index contributed by atoms with van der Waals surface area (Å²) < 4.78 is 164. The third-order valence-corrected chi connectivity index (χ3v) is 20.5. The number of pyridine rings is 1. The molecule has 614 valence electrons. The number of benzene rings is 9. The topological polar surface area (TPSA) is 102 Å². The second-order valence-electron chi connectivity index (χ2n) is 30.0. The van der Waals surface area contributed by atoms with E-state index in [0.717, 1.165) is 99.8 Å². The molecule has 0 N–H and O–H groups in total. The lowest BCUT2D eigenvalue weighted by molar-refractivity contribution is 0.553. The summed E-state index contributed by atoms with van der Waals surface area (Å²) in [4.78, 5) is 4.20. The lowest BCUT2D eigenvalue weighted by Crippen LogP contribution is -2.02. The van der Waals surface area contributed by atoms with E-state index in [0.29, 0.717) is 87.4 Å². The Labute approximate surface area is 687 Å². The molecule has 0 atom stereocenters. The molecule has 9 aromatic carbocycles. The second kappa shape index (κ2) is 39.6. The molecule has 119 heavy (non-hydrogen) atoms. The van der Waals surface area contributed by atoms with Gasteiger partial charge in [0.2, 0.25) is 0 Å². The Hall–Kier alpha value is -12.6. The highest BCUT2D eigenvalue weighted by Crippen LogP contribution is 2.33. The summed E-state index contributed by atoms with van der Waals surface area (Å²) in [5.74, 6) is -5.23. The van der Waals surface area contributed by atoms with Crippen molar-refractivity contribution in [3.05, 3.63) is 377 Å². The molecule has 15 aromatic rings. The van der Waals surface area contributed by atoms with Crippen molar-refractivity contribution < 1.29 is 48.3 Å². The van der Waals surface area contributed by atoms with Gasteiger partial charge in [0.1, 0.15) is 64.0 Å². The van der Waals surface area contributed by atoms with E-state index in [1.54, 1.807) is 104 Å². The van der Waals surface area contributed by atoms with Crippen LogP contribution < -0.4 is 0 Å². The average molecular weight is 1620 g/mol. The summed E-state index contributed by atoms with van der Waals surface area (Å²) in [7, 11) is 8.73. The second-order valence-corrected chi connectivity index (χ2v) is 30.0. The van der Waals surface area contributed by atoms with Crippen LogP contribution in [0.5, 0.6) is 0 Å². The molecule has 0 fully saturated rings. The third kappa shape index (κ3) is 22.8. The Bertz CT molecular complexity index is 6000. The summed E-state index contributed by atoms with van der Waals surface area (Å²) in [6.07, 6.45) is 9.17. The molecule has 0 spiro atoms. The van der Waals surface area contributed by atoms with Crippen LogP contribution in [0, 0.1) is 119 Å². The Morgan fingerprint density at radius 3 is 0.950 bits per heavy atom. The molecular weight excluding hydrogens is 1530 g/mol. The summed E-state index contributed by atoms with van der Waals surface area (Å²) in [5, 5.41) is 21.0. The van der Waals surface area contributed by atoms with Crippen molar-refractivity contribution in [3.8, 4) is 56.3 Å². The minimum absolute atomic E-state index is 0.0154. The van der Waals surface area contributed by atoms with Gasteiger partial charge >= 0.3 is 0 Å². The molecule has 0 radical (unpaired) electrons. The zero-order valence-electron chi connectivity index (χ0n) is 68.9. The summed E-state index contributed by atoms with van der Waals surface area (Å²) in [6.45, 7) is 15.2. The van der Waals surface area contributed by atoms with E-state index in [4.69, 9.17) is 0 Å². The molecule has 0 aliphatic heterocycles. The maximum Gasteiger partial charge on any atom is 0.135 e. The van der Waals surface area contributed by atoms with Gasteiger partial charge in [0.25, 0.3) is 0 Å². The average Bonchev–Trinajstić information content (AvgIpc) is 1.73. The van der Waals surface area contributed by atoms with E-state index < -0.39 is 34.9 Å². The first-order chi connectivity index (χ1) is 56.8. The lowest BCUT2D eigenvalue weighted by atomic mass is 9.99. The lowest BCUT2D eigenvalue weighted by Gasteiger charge is -2.09. The molecule has 0 saturated carbocycles. The first kappa shape index (κ1) is 87.3. The largest absolute Gasteiger partial charge is 0.268 e. The predicted octanol–water partition coefficient (Wildman–Crippen LogP) is 22.8. The van der Waals surface area contributed by atoms with Crippen LogP contribution in [-0.4, -0.2) is 53.9 Å². The highest BCUT2D eigenvalue weighted by Gasteiger charge is 2.22.